The van der Waals surface area contributed by atoms with E-state index in [2.05, 4.69) is 12.2 Å². The average molecular weight is 404 g/mol. The minimum absolute atomic E-state index is 0.236. The van der Waals surface area contributed by atoms with Crippen LogP contribution in [0.5, 0.6) is 5.75 Å². The molecular formula is C22H26ClNO4. The number of unbranched alkanes of at least 4 members (excludes halogenated alkanes) is 2. The fourth-order valence-corrected chi connectivity index (χ4v) is 2.77. The number of hydrogen-bond donors (Lipinski definition) is 1. The molecule has 1 N–H and O–H groups in total. The van der Waals surface area contributed by atoms with E-state index in [4.69, 9.17) is 21.1 Å². The number of halogens is 1. The first kappa shape index (κ1) is 21.8. The fourth-order valence-electron chi connectivity index (χ4n) is 2.54. The summed E-state index contributed by atoms with van der Waals surface area (Å²) in [6.45, 7) is 6.02. The summed E-state index contributed by atoms with van der Waals surface area (Å²) in [5.74, 6) is -0.131. The third kappa shape index (κ3) is 6.57. The van der Waals surface area contributed by atoms with Crippen molar-refractivity contribution < 1.29 is 19.1 Å². The van der Waals surface area contributed by atoms with Crippen molar-refractivity contribution in [3.63, 3.8) is 0 Å². The van der Waals surface area contributed by atoms with E-state index in [9.17, 15) is 9.59 Å². The number of benzene rings is 2. The van der Waals surface area contributed by atoms with Crippen molar-refractivity contribution in [2.45, 2.75) is 46.1 Å². The molecule has 0 radical (unpaired) electrons. The summed E-state index contributed by atoms with van der Waals surface area (Å²) >= 11 is 5.93. The molecule has 28 heavy (non-hydrogen) atoms. The largest absolute Gasteiger partial charge is 0.479 e. The highest BCUT2D eigenvalue weighted by Gasteiger charge is 2.16. The number of carbonyl (C=O) groups is 2. The van der Waals surface area contributed by atoms with Crippen LogP contribution in [0.2, 0.25) is 5.02 Å². The number of aryl methyl sites for hydroxylation is 1. The number of esters is 1. The van der Waals surface area contributed by atoms with E-state index in [1.54, 1.807) is 49.4 Å². The summed E-state index contributed by atoms with van der Waals surface area (Å²) in [7, 11) is 0. The second kappa shape index (κ2) is 10.7. The molecule has 5 nitrogen and oxygen atoms in total. The predicted octanol–water partition coefficient (Wildman–Crippen LogP) is 5.40. The van der Waals surface area contributed by atoms with Gasteiger partial charge in [0, 0.05) is 16.3 Å². The zero-order valence-electron chi connectivity index (χ0n) is 16.5. The lowest BCUT2D eigenvalue weighted by atomic mass is 10.1. The third-order valence-corrected chi connectivity index (χ3v) is 4.43. The molecule has 0 saturated carbocycles. The maximum atomic E-state index is 12.4. The summed E-state index contributed by atoms with van der Waals surface area (Å²) in [6.07, 6.45) is 2.24. The number of hydrogen-bond acceptors (Lipinski definition) is 4. The standard InChI is InChI=1S/C22H26ClNO4/c1-4-5-6-13-27-22(26)16(3)28-19-10-7-17(8-11-19)21(25)24-20-12-9-18(23)14-15(20)2/h7-12,14,16H,4-6,13H2,1-3H3,(H,24,25)/t16-/m1/s1. The topological polar surface area (TPSA) is 64.6 Å². The van der Waals surface area contributed by atoms with Crippen LogP contribution in [0, 0.1) is 6.92 Å². The molecule has 0 aliphatic heterocycles. The van der Waals surface area contributed by atoms with E-state index in [0.29, 0.717) is 28.6 Å². The van der Waals surface area contributed by atoms with Crippen LogP contribution < -0.4 is 10.1 Å². The van der Waals surface area contributed by atoms with Gasteiger partial charge in [0.05, 0.1) is 6.61 Å². The van der Waals surface area contributed by atoms with Crippen LogP contribution in [0.1, 0.15) is 49.0 Å². The van der Waals surface area contributed by atoms with Crippen LogP contribution in [0.4, 0.5) is 5.69 Å². The average Bonchev–Trinajstić information content (AvgIpc) is 2.67. The highest BCUT2D eigenvalue weighted by Crippen LogP contribution is 2.21. The van der Waals surface area contributed by atoms with Crippen molar-refractivity contribution >= 4 is 29.2 Å². The molecule has 0 fully saturated rings. The number of ether oxygens (including phenoxy) is 2. The molecule has 2 aromatic carbocycles. The van der Waals surface area contributed by atoms with Gasteiger partial charge in [0.15, 0.2) is 6.10 Å². The summed E-state index contributed by atoms with van der Waals surface area (Å²) in [5.41, 5.74) is 2.07. The van der Waals surface area contributed by atoms with Gasteiger partial charge in [-0.1, -0.05) is 31.4 Å². The summed E-state index contributed by atoms with van der Waals surface area (Å²) in [4.78, 5) is 24.3. The second-order valence-corrected chi connectivity index (χ2v) is 7.01. The Morgan fingerprint density at radius 1 is 1.11 bits per heavy atom. The van der Waals surface area contributed by atoms with Gasteiger partial charge in [-0.05, 0) is 68.3 Å². The van der Waals surface area contributed by atoms with Gasteiger partial charge in [0.1, 0.15) is 5.75 Å². The van der Waals surface area contributed by atoms with Gasteiger partial charge in [-0.2, -0.15) is 0 Å². The fraction of sp³-hybridized carbons (Fsp3) is 0.364. The van der Waals surface area contributed by atoms with Gasteiger partial charge in [0.25, 0.3) is 5.91 Å². The first-order chi connectivity index (χ1) is 13.4. The molecule has 0 aliphatic rings. The van der Waals surface area contributed by atoms with E-state index >= 15 is 0 Å². The molecule has 1 amide bonds. The molecule has 2 aromatic rings. The van der Waals surface area contributed by atoms with Crippen LogP contribution in [0.25, 0.3) is 0 Å². The molecular weight excluding hydrogens is 378 g/mol. The van der Waals surface area contributed by atoms with Crippen molar-refractivity contribution in [3.05, 3.63) is 58.6 Å². The highest BCUT2D eigenvalue weighted by molar-refractivity contribution is 6.30. The van der Waals surface area contributed by atoms with Gasteiger partial charge < -0.3 is 14.8 Å². The maximum Gasteiger partial charge on any atom is 0.347 e. The molecule has 0 bridgehead atoms. The number of anilines is 1. The van der Waals surface area contributed by atoms with Gasteiger partial charge >= 0.3 is 5.97 Å². The zero-order chi connectivity index (χ0) is 20.5. The Kier molecular flexibility index (Phi) is 8.33. The molecule has 0 saturated heterocycles. The molecule has 0 aliphatic carbocycles. The predicted molar refractivity (Wildman–Crippen MR) is 111 cm³/mol. The zero-order valence-corrected chi connectivity index (χ0v) is 17.2. The first-order valence-corrected chi connectivity index (χ1v) is 9.79. The lowest BCUT2D eigenvalue weighted by Gasteiger charge is -2.14. The Labute approximate surface area is 171 Å². The van der Waals surface area contributed by atoms with E-state index in [1.807, 2.05) is 6.92 Å². The van der Waals surface area contributed by atoms with Gasteiger partial charge in [-0.25, -0.2) is 4.79 Å². The summed E-state index contributed by atoms with van der Waals surface area (Å²) < 4.78 is 10.8. The third-order valence-electron chi connectivity index (χ3n) is 4.19. The number of carbonyl (C=O) groups excluding carboxylic acids is 2. The molecule has 0 spiro atoms. The SMILES string of the molecule is CCCCCOC(=O)[C@@H](C)Oc1ccc(C(=O)Nc2ccc(Cl)cc2C)cc1. The van der Waals surface area contributed by atoms with Gasteiger partial charge in [0.2, 0.25) is 0 Å². The molecule has 6 heteroatoms. The second-order valence-electron chi connectivity index (χ2n) is 6.57. The van der Waals surface area contributed by atoms with Crippen LogP contribution in [0.15, 0.2) is 42.5 Å². The monoisotopic (exact) mass is 403 g/mol. The number of rotatable bonds is 9. The quantitative estimate of drug-likeness (QED) is 0.449. The van der Waals surface area contributed by atoms with Crippen molar-refractivity contribution in [2.75, 3.05) is 11.9 Å². The molecule has 0 heterocycles. The van der Waals surface area contributed by atoms with E-state index in [0.717, 1.165) is 24.8 Å². The summed E-state index contributed by atoms with van der Waals surface area (Å²) in [5, 5.41) is 3.47. The molecule has 150 valence electrons. The van der Waals surface area contributed by atoms with Crippen molar-refractivity contribution in [2.24, 2.45) is 0 Å². The first-order valence-electron chi connectivity index (χ1n) is 9.41. The summed E-state index contributed by atoms with van der Waals surface area (Å²) in [6, 6.07) is 11.9. The maximum absolute atomic E-state index is 12.4. The minimum atomic E-state index is -0.710. The van der Waals surface area contributed by atoms with Crippen LogP contribution in [-0.2, 0) is 9.53 Å². The van der Waals surface area contributed by atoms with Crippen LogP contribution in [0.3, 0.4) is 0 Å². The van der Waals surface area contributed by atoms with E-state index < -0.39 is 12.1 Å². The van der Waals surface area contributed by atoms with E-state index in [1.165, 1.54) is 0 Å². The van der Waals surface area contributed by atoms with Crippen LogP contribution in [-0.4, -0.2) is 24.6 Å². The van der Waals surface area contributed by atoms with Gasteiger partial charge in [-0.15, -0.1) is 0 Å². The Morgan fingerprint density at radius 3 is 2.46 bits per heavy atom. The van der Waals surface area contributed by atoms with Crippen molar-refractivity contribution in [1.29, 1.82) is 0 Å². The smallest absolute Gasteiger partial charge is 0.347 e. The molecule has 0 unspecified atom stereocenters. The number of amides is 1. The van der Waals surface area contributed by atoms with E-state index in [-0.39, 0.29) is 5.91 Å². The highest BCUT2D eigenvalue weighted by atomic mass is 35.5. The normalized spacial score (nSPS) is 11.6. The number of nitrogens with one attached hydrogen (secondary N) is 1. The Balaban J connectivity index is 1.89. The lowest BCUT2D eigenvalue weighted by Crippen LogP contribution is -2.26. The minimum Gasteiger partial charge on any atom is -0.479 e. The van der Waals surface area contributed by atoms with Crippen molar-refractivity contribution in [3.8, 4) is 5.75 Å². The lowest BCUT2D eigenvalue weighted by molar-refractivity contribution is -0.151. The Bertz CT molecular complexity index is 805. The van der Waals surface area contributed by atoms with Crippen molar-refractivity contribution in [1.82, 2.24) is 0 Å². The molecule has 0 aromatic heterocycles. The Hall–Kier alpha value is -2.53. The molecule has 1 atom stereocenters. The Morgan fingerprint density at radius 2 is 1.82 bits per heavy atom. The van der Waals surface area contributed by atoms with Crippen LogP contribution >= 0.6 is 11.6 Å². The molecule has 2 rings (SSSR count). The van der Waals surface area contributed by atoms with Gasteiger partial charge in [-0.3, -0.25) is 4.79 Å².